The molecule has 0 radical (unpaired) electrons. The molecule has 0 aliphatic heterocycles. The second-order valence-corrected chi connectivity index (χ2v) is 5.71. The van der Waals surface area contributed by atoms with Gasteiger partial charge < -0.3 is 10.1 Å². The van der Waals surface area contributed by atoms with Gasteiger partial charge in [0.1, 0.15) is 6.04 Å². The van der Waals surface area contributed by atoms with Crippen LogP contribution in [0.1, 0.15) is 31.4 Å². The number of halogens is 1. The molecule has 0 aliphatic carbocycles. The zero-order valence-electron chi connectivity index (χ0n) is 12.0. The van der Waals surface area contributed by atoms with Crippen molar-refractivity contribution >= 4 is 21.9 Å². The molecule has 0 aromatic heterocycles. The number of rotatable bonds is 6. The number of hydrogen-bond donors (Lipinski definition) is 1. The molecule has 0 saturated carbocycles. The fraction of sp³-hybridized carbons (Fsp3) is 0.533. The molecule has 0 aliphatic rings. The van der Waals surface area contributed by atoms with Gasteiger partial charge in [-0.15, -0.1) is 0 Å². The predicted octanol–water partition coefficient (Wildman–Crippen LogP) is 3.43. The highest BCUT2D eigenvalue weighted by atomic mass is 79.9. The average molecular weight is 328 g/mol. The van der Waals surface area contributed by atoms with Crippen LogP contribution in [0, 0.1) is 12.8 Å². The first-order valence-electron chi connectivity index (χ1n) is 6.55. The van der Waals surface area contributed by atoms with Gasteiger partial charge in [0.25, 0.3) is 0 Å². The van der Waals surface area contributed by atoms with Crippen molar-refractivity contribution in [3.05, 3.63) is 33.8 Å². The first-order valence-corrected chi connectivity index (χ1v) is 7.35. The van der Waals surface area contributed by atoms with Crippen molar-refractivity contribution in [2.75, 3.05) is 7.11 Å². The molecule has 4 heteroatoms. The number of nitrogens with one attached hydrogen (secondary N) is 1. The zero-order chi connectivity index (χ0) is 14.4. The van der Waals surface area contributed by atoms with Crippen LogP contribution in [-0.2, 0) is 16.1 Å². The van der Waals surface area contributed by atoms with E-state index in [0.29, 0.717) is 6.54 Å². The monoisotopic (exact) mass is 327 g/mol. The van der Waals surface area contributed by atoms with Crippen molar-refractivity contribution < 1.29 is 9.53 Å². The van der Waals surface area contributed by atoms with E-state index in [1.165, 1.54) is 12.7 Å². The first kappa shape index (κ1) is 16.2. The second-order valence-electron chi connectivity index (χ2n) is 4.85. The number of aryl methyl sites for hydroxylation is 1. The Morgan fingerprint density at radius 2 is 2.16 bits per heavy atom. The van der Waals surface area contributed by atoms with Gasteiger partial charge in [0.05, 0.1) is 7.11 Å². The fourth-order valence-corrected chi connectivity index (χ4v) is 2.28. The number of carbonyl (C=O) groups excluding carboxylic acids is 1. The molecule has 0 saturated heterocycles. The van der Waals surface area contributed by atoms with Gasteiger partial charge >= 0.3 is 5.97 Å². The standard InChI is InChI=1S/C15H22BrNO2/c1-5-10(2)14(15(18)19-4)17-9-12-7-6-11(3)13(16)8-12/h6-8,10,14,17H,5,9H2,1-4H3. The number of hydrogen-bond acceptors (Lipinski definition) is 3. The van der Waals surface area contributed by atoms with E-state index in [9.17, 15) is 4.79 Å². The van der Waals surface area contributed by atoms with Crippen LogP contribution in [0.4, 0.5) is 0 Å². The number of carbonyl (C=O) groups is 1. The third kappa shape index (κ3) is 4.62. The molecule has 0 amide bonds. The summed E-state index contributed by atoms with van der Waals surface area (Å²) >= 11 is 3.52. The van der Waals surface area contributed by atoms with Gasteiger partial charge in [0.2, 0.25) is 0 Å². The van der Waals surface area contributed by atoms with Crippen LogP contribution in [0.3, 0.4) is 0 Å². The maximum absolute atomic E-state index is 11.8. The van der Waals surface area contributed by atoms with Crippen molar-refractivity contribution in [1.29, 1.82) is 0 Å². The molecule has 0 bridgehead atoms. The highest BCUT2D eigenvalue weighted by molar-refractivity contribution is 9.10. The molecule has 2 unspecified atom stereocenters. The smallest absolute Gasteiger partial charge is 0.323 e. The van der Waals surface area contributed by atoms with Crippen LogP contribution in [0.2, 0.25) is 0 Å². The average Bonchev–Trinajstić information content (AvgIpc) is 2.42. The minimum Gasteiger partial charge on any atom is -0.468 e. The third-order valence-corrected chi connectivity index (χ3v) is 4.28. The molecule has 19 heavy (non-hydrogen) atoms. The molecule has 2 atom stereocenters. The van der Waals surface area contributed by atoms with Crippen LogP contribution < -0.4 is 5.32 Å². The van der Waals surface area contributed by atoms with Gasteiger partial charge in [-0.3, -0.25) is 4.79 Å². The molecule has 0 heterocycles. The largest absolute Gasteiger partial charge is 0.468 e. The number of esters is 1. The summed E-state index contributed by atoms with van der Waals surface area (Å²) in [7, 11) is 1.43. The van der Waals surface area contributed by atoms with Crippen LogP contribution in [0.5, 0.6) is 0 Å². The molecule has 0 spiro atoms. The van der Waals surface area contributed by atoms with Crippen molar-refractivity contribution in [2.24, 2.45) is 5.92 Å². The quantitative estimate of drug-likeness (QED) is 0.813. The van der Waals surface area contributed by atoms with Crippen LogP contribution in [0.25, 0.3) is 0 Å². The Balaban J connectivity index is 2.70. The lowest BCUT2D eigenvalue weighted by atomic mass is 9.99. The van der Waals surface area contributed by atoms with Crippen molar-refractivity contribution in [3.8, 4) is 0 Å². The molecule has 1 rings (SSSR count). The number of ether oxygens (including phenoxy) is 1. The van der Waals surface area contributed by atoms with Crippen molar-refractivity contribution in [2.45, 2.75) is 39.8 Å². The zero-order valence-corrected chi connectivity index (χ0v) is 13.6. The summed E-state index contributed by atoms with van der Waals surface area (Å²) in [5.74, 6) is 0.0573. The maximum atomic E-state index is 11.8. The lowest BCUT2D eigenvalue weighted by molar-refractivity contribution is -0.144. The maximum Gasteiger partial charge on any atom is 0.323 e. The molecule has 1 aromatic carbocycles. The lowest BCUT2D eigenvalue weighted by Crippen LogP contribution is -2.42. The van der Waals surface area contributed by atoms with E-state index in [1.54, 1.807) is 0 Å². The Hall–Kier alpha value is -0.870. The normalized spacial score (nSPS) is 13.9. The van der Waals surface area contributed by atoms with Gasteiger partial charge in [0.15, 0.2) is 0 Å². The summed E-state index contributed by atoms with van der Waals surface area (Å²) in [5.41, 5.74) is 2.35. The van der Waals surface area contributed by atoms with Gasteiger partial charge in [-0.2, -0.15) is 0 Å². The third-order valence-electron chi connectivity index (χ3n) is 3.43. The Kier molecular flexibility index (Phi) is 6.52. The van der Waals surface area contributed by atoms with E-state index in [-0.39, 0.29) is 17.9 Å². The van der Waals surface area contributed by atoms with Gasteiger partial charge in [0, 0.05) is 11.0 Å². The predicted molar refractivity (Wildman–Crippen MR) is 81.0 cm³/mol. The Bertz CT molecular complexity index is 434. The van der Waals surface area contributed by atoms with Gasteiger partial charge in [-0.05, 0) is 30.0 Å². The molecule has 0 fully saturated rings. The Labute approximate surface area is 123 Å². The highest BCUT2D eigenvalue weighted by Crippen LogP contribution is 2.18. The minimum atomic E-state index is -0.255. The SMILES string of the molecule is CCC(C)C(NCc1ccc(C)c(Br)c1)C(=O)OC. The minimum absolute atomic E-state index is 0.194. The lowest BCUT2D eigenvalue weighted by Gasteiger charge is -2.22. The summed E-state index contributed by atoms with van der Waals surface area (Å²) < 4.78 is 5.94. The van der Waals surface area contributed by atoms with Crippen LogP contribution in [-0.4, -0.2) is 19.1 Å². The van der Waals surface area contributed by atoms with Gasteiger partial charge in [-0.1, -0.05) is 48.3 Å². The van der Waals surface area contributed by atoms with Crippen LogP contribution in [0.15, 0.2) is 22.7 Å². The molecule has 3 nitrogen and oxygen atoms in total. The van der Waals surface area contributed by atoms with E-state index in [1.807, 2.05) is 0 Å². The van der Waals surface area contributed by atoms with Crippen molar-refractivity contribution in [1.82, 2.24) is 5.32 Å². The molecular weight excluding hydrogens is 306 g/mol. The van der Waals surface area contributed by atoms with Crippen LogP contribution >= 0.6 is 15.9 Å². The van der Waals surface area contributed by atoms with E-state index in [4.69, 9.17) is 4.74 Å². The molecule has 106 valence electrons. The van der Waals surface area contributed by atoms with E-state index < -0.39 is 0 Å². The topological polar surface area (TPSA) is 38.3 Å². The first-order chi connectivity index (χ1) is 8.99. The highest BCUT2D eigenvalue weighted by Gasteiger charge is 2.24. The van der Waals surface area contributed by atoms with Crippen molar-refractivity contribution in [3.63, 3.8) is 0 Å². The number of benzene rings is 1. The Morgan fingerprint density at radius 3 is 2.68 bits per heavy atom. The molecule has 1 N–H and O–H groups in total. The summed E-state index contributed by atoms with van der Waals surface area (Å²) in [4.78, 5) is 11.8. The Morgan fingerprint density at radius 1 is 1.47 bits per heavy atom. The number of methoxy groups -OCH3 is 1. The summed E-state index contributed by atoms with van der Waals surface area (Å²) in [6, 6.07) is 5.96. The summed E-state index contributed by atoms with van der Waals surface area (Å²) in [6.45, 7) is 6.84. The fourth-order valence-electron chi connectivity index (χ4n) is 1.85. The summed E-state index contributed by atoms with van der Waals surface area (Å²) in [5, 5.41) is 3.29. The van der Waals surface area contributed by atoms with E-state index >= 15 is 0 Å². The second kappa shape index (κ2) is 7.65. The van der Waals surface area contributed by atoms with E-state index in [2.05, 4.69) is 60.2 Å². The summed E-state index contributed by atoms with van der Waals surface area (Å²) in [6.07, 6.45) is 0.935. The van der Waals surface area contributed by atoms with Gasteiger partial charge in [-0.25, -0.2) is 0 Å². The molecular formula is C15H22BrNO2. The van der Waals surface area contributed by atoms with E-state index in [0.717, 1.165) is 16.5 Å². The molecule has 1 aromatic rings.